The lowest BCUT2D eigenvalue weighted by atomic mass is 9.79. The van der Waals surface area contributed by atoms with Crippen LogP contribution in [0.1, 0.15) is 64.5 Å². The number of fused-ring (bicyclic) bond motifs is 1. The summed E-state index contributed by atoms with van der Waals surface area (Å²) in [5.41, 5.74) is 3.89. The molecule has 174 valence electrons. The first-order valence-electron chi connectivity index (χ1n) is 11.7. The summed E-state index contributed by atoms with van der Waals surface area (Å²) in [6, 6.07) is 7.95. The van der Waals surface area contributed by atoms with Gasteiger partial charge in [-0.25, -0.2) is 4.98 Å². The van der Waals surface area contributed by atoms with Crippen LogP contribution in [-0.4, -0.2) is 26.5 Å². The van der Waals surface area contributed by atoms with Crippen molar-refractivity contribution in [1.29, 1.82) is 0 Å². The van der Waals surface area contributed by atoms with Crippen LogP contribution in [0.2, 0.25) is 5.02 Å². The zero-order valence-corrected chi connectivity index (χ0v) is 20.4. The largest absolute Gasteiger partial charge is 0.310 e. The summed E-state index contributed by atoms with van der Waals surface area (Å²) in [5, 5.41) is 9.23. The SMILES string of the molecule is CC(=O)C[C@@H]1CCC[C@H](C(=O)Nc2cc(-c3ccc4nn(C)c(C(C)C)c4c3)c(Cl)cn2)C1. The Kier molecular flexibility index (Phi) is 6.84. The number of pyridine rings is 1. The zero-order chi connectivity index (χ0) is 23.7. The minimum atomic E-state index is -0.0932. The standard InChI is InChI=1S/C26H31ClN4O2/c1-15(2)25-21-12-18(8-9-23(21)30-31(25)4)20-13-24(28-14-22(20)27)29-26(33)19-7-5-6-17(11-19)10-16(3)32/h8-9,12-15,17,19H,5-7,10-11H2,1-4H3,(H,28,29,33)/t17-,19-/m0/s1. The molecule has 1 fully saturated rings. The minimum Gasteiger partial charge on any atom is -0.310 e. The molecule has 0 bridgehead atoms. The minimum absolute atomic E-state index is 0.0335. The number of hydrogen-bond acceptors (Lipinski definition) is 4. The number of nitrogens with zero attached hydrogens (tertiary/aromatic N) is 3. The Morgan fingerprint density at radius 1 is 1.24 bits per heavy atom. The van der Waals surface area contributed by atoms with Crippen molar-refractivity contribution in [2.45, 2.75) is 58.8 Å². The van der Waals surface area contributed by atoms with E-state index in [1.807, 2.05) is 29.9 Å². The van der Waals surface area contributed by atoms with E-state index in [0.29, 0.717) is 29.1 Å². The number of ketones is 1. The van der Waals surface area contributed by atoms with Crippen molar-refractivity contribution in [2.75, 3.05) is 5.32 Å². The molecule has 1 aliphatic carbocycles. The molecule has 0 saturated heterocycles. The number of amides is 1. The highest BCUT2D eigenvalue weighted by atomic mass is 35.5. The van der Waals surface area contributed by atoms with Crippen molar-refractivity contribution in [3.63, 3.8) is 0 Å². The molecular formula is C26H31ClN4O2. The van der Waals surface area contributed by atoms with E-state index in [2.05, 4.69) is 35.3 Å². The van der Waals surface area contributed by atoms with Gasteiger partial charge in [-0.2, -0.15) is 5.10 Å². The van der Waals surface area contributed by atoms with Crippen LogP contribution >= 0.6 is 11.6 Å². The Labute approximate surface area is 199 Å². The quantitative estimate of drug-likeness (QED) is 0.473. The van der Waals surface area contributed by atoms with Crippen molar-refractivity contribution in [3.05, 3.63) is 41.2 Å². The lowest BCUT2D eigenvalue weighted by Crippen LogP contribution is -2.29. The van der Waals surface area contributed by atoms with Crippen molar-refractivity contribution in [1.82, 2.24) is 14.8 Å². The number of rotatable bonds is 6. The highest BCUT2D eigenvalue weighted by Gasteiger charge is 2.28. The Balaban J connectivity index is 1.58. The molecule has 4 rings (SSSR count). The van der Waals surface area contributed by atoms with Gasteiger partial charge in [-0.3, -0.25) is 9.48 Å². The van der Waals surface area contributed by atoms with E-state index in [9.17, 15) is 9.59 Å². The van der Waals surface area contributed by atoms with Gasteiger partial charge < -0.3 is 10.1 Å². The second kappa shape index (κ2) is 9.64. The average molecular weight is 467 g/mol. The first-order chi connectivity index (χ1) is 15.7. The first kappa shape index (κ1) is 23.4. The summed E-state index contributed by atoms with van der Waals surface area (Å²) in [6.45, 7) is 5.93. The topological polar surface area (TPSA) is 76.9 Å². The number of Topliss-reactive ketones (excluding diaryl/α,β-unsaturated/α-hetero) is 1. The van der Waals surface area contributed by atoms with E-state index in [-0.39, 0.29) is 17.6 Å². The van der Waals surface area contributed by atoms with E-state index < -0.39 is 0 Å². The summed E-state index contributed by atoms with van der Waals surface area (Å²) in [6.07, 6.45) is 5.73. The molecule has 1 aromatic carbocycles. The van der Waals surface area contributed by atoms with Crippen LogP contribution in [0.15, 0.2) is 30.5 Å². The molecule has 6 nitrogen and oxygen atoms in total. The molecule has 0 aliphatic heterocycles. The normalized spacial score (nSPS) is 18.6. The molecule has 0 radical (unpaired) electrons. The van der Waals surface area contributed by atoms with Crippen LogP contribution in [0.3, 0.4) is 0 Å². The lowest BCUT2D eigenvalue weighted by molar-refractivity contribution is -0.123. The predicted octanol–water partition coefficient (Wildman–Crippen LogP) is 6.14. The number of carbonyl (C=O) groups is 2. The number of nitrogens with one attached hydrogen (secondary N) is 1. The van der Waals surface area contributed by atoms with Crippen LogP contribution in [0.5, 0.6) is 0 Å². The van der Waals surface area contributed by atoms with E-state index in [1.54, 1.807) is 13.1 Å². The molecule has 33 heavy (non-hydrogen) atoms. The number of hydrogen-bond donors (Lipinski definition) is 1. The highest BCUT2D eigenvalue weighted by molar-refractivity contribution is 6.33. The van der Waals surface area contributed by atoms with Gasteiger partial charge in [-0.05, 0) is 61.8 Å². The van der Waals surface area contributed by atoms with E-state index >= 15 is 0 Å². The van der Waals surface area contributed by atoms with Gasteiger partial charge in [0, 0.05) is 42.2 Å². The Morgan fingerprint density at radius 3 is 2.76 bits per heavy atom. The van der Waals surface area contributed by atoms with Gasteiger partial charge in [0.1, 0.15) is 11.6 Å². The third kappa shape index (κ3) is 5.11. The molecule has 0 unspecified atom stereocenters. The molecule has 2 aromatic heterocycles. The van der Waals surface area contributed by atoms with Gasteiger partial charge in [0.25, 0.3) is 0 Å². The fourth-order valence-corrected chi connectivity index (χ4v) is 5.36. The summed E-state index contributed by atoms with van der Waals surface area (Å²) in [5.74, 6) is 1.18. The maximum absolute atomic E-state index is 12.9. The maximum atomic E-state index is 12.9. The van der Waals surface area contributed by atoms with Crippen molar-refractivity contribution in [3.8, 4) is 11.1 Å². The van der Waals surface area contributed by atoms with Gasteiger partial charge in [-0.1, -0.05) is 37.9 Å². The second-order valence-corrected chi connectivity index (χ2v) is 9.98. The number of anilines is 1. The fraction of sp³-hybridized carbons (Fsp3) is 0.462. The number of halogens is 1. The molecule has 7 heteroatoms. The Morgan fingerprint density at radius 2 is 2.03 bits per heavy atom. The third-order valence-corrected chi connectivity index (χ3v) is 6.87. The number of aryl methyl sites for hydroxylation is 1. The van der Waals surface area contributed by atoms with Crippen LogP contribution in [0.4, 0.5) is 5.82 Å². The van der Waals surface area contributed by atoms with Crippen LogP contribution < -0.4 is 5.32 Å². The summed E-state index contributed by atoms with van der Waals surface area (Å²) in [4.78, 5) is 28.8. The van der Waals surface area contributed by atoms with E-state index in [0.717, 1.165) is 47.7 Å². The average Bonchev–Trinajstić information content (AvgIpc) is 3.09. The number of benzene rings is 1. The molecule has 1 saturated carbocycles. The maximum Gasteiger partial charge on any atom is 0.228 e. The summed E-state index contributed by atoms with van der Waals surface area (Å²) >= 11 is 6.51. The Hall–Kier alpha value is -2.73. The van der Waals surface area contributed by atoms with Gasteiger partial charge in [0.15, 0.2) is 0 Å². The van der Waals surface area contributed by atoms with Crippen molar-refractivity contribution >= 4 is 40.0 Å². The number of carbonyl (C=O) groups excluding carboxylic acids is 2. The predicted molar refractivity (Wildman–Crippen MR) is 132 cm³/mol. The van der Waals surface area contributed by atoms with Gasteiger partial charge in [0.2, 0.25) is 5.91 Å². The molecule has 0 spiro atoms. The first-order valence-corrected chi connectivity index (χ1v) is 12.0. The molecule has 1 amide bonds. The van der Waals surface area contributed by atoms with Gasteiger partial charge in [0.05, 0.1) is 10.5 Å². The zero-order valence-electron chi connectivity index (χ0n) is 19.7. The molecule has 1 aliphatic rings. The van der Waals surface area contributed by atoms with Crippen molar-refractivity contribution in [2.24, 2.45) is 18.9 Å². The molecular weight excluding hydrogens is 436 g/mol. The van der Waals surface area contributed by atoms with Gasteiger partial charge in [-0.15, -0.1) is 0 Å². The molecule has 2 atom stereocenters. The smallest absolute Gasteiger partial charge is 0.228 e. The number of aromatic nitrogens is 3. The van der Waals surface area contributed by atoms with Gasteiger partial charge >= 0.3 is 0 Å². The lowest BCUT2D eigenvalue weighted by Gasteiger charge is -2.27. The summed E-state index contributed by atoms with van der Waals surface area (Å²) in [7, 11) is 1.97. The van der Waals surface area contributed by atoms with Crippen LogP contribution in [0.25, 0.3) is 22.0 Å². The second-order valence-electron chi connectivity index (χ2n) is 9.57. The van der Waals surface area contributed by atoms with E-state index in [4.69, 9.17) is 11.6 Å². The van der Waals surface area contributed by atoms with Crippen molar-refractivity contribution < 1.29 is 9.59 Å². The van der Waals surface area contributed by atoms with Crippen LogP contribution in [0, 0.1) is 11.8 Å². The van der Waals surface area contributed by atoms with E-state index in [1.165, 1.54) is 5.69 Å². The third-order valence-electron chi connectivity index (χ3n) is 6.57. The molecule has 3 aromatic rings. The fourth-order valence-electron chi connectivity index (χ4n) is 5.15. The van der Waals surface area contributed by atoms with Crippen LogP contribution in [-0.2, 0) is 16.6 Å². The monoisotopic (exact) mass is 466 g/mol. The summed E-state index contributed by atoms with van der Waals surface area (Å²) < 4.78 is 1.93. The highest BCUT2D eigenvalue weighted by Crippen LogP contribution is 2.35. The molecule has 2 heterocycles. The molecule has 1 N–H and O–H groups in total. The Bertz CT molecular complexity index is 1200.